The first-order valence-corrected chi connectivity index (χ1v) is 7.08. The van der Waals surface area contributed by atoms with E-state index in [4.69, 9.17) is 5.84 Å². The zero-order chi connectivity index (χ0) is 13.5. The fraction of sp³-hybridized carbons (Fsp3) is 0.625. The molecule has 0 fully saturated rings. The van der Waals surface area contributed by atoms with Crippen molar-refractivity contribution in [2.45, 2.75) is 59.4 Å². The monoisotopic (exact) mass is 248 g/mol. The molecule has 0 aromatic heterocycles. The Morgan fingerprint density at radius 3 is 2.28 bits per heavy atom. The van der Waals surface area contributed by atoms with Gasteiger partial charge in [-0.05, 0) is 38.2 Å². The van der Waals surface area contributed by atoms with Crippen molar-refractivity contribution in [3.63, 3.8) is 0 Å². The van der Waals surface area contributed by atoms with Gasteiger partial charge in [-0.25, -0.2) is 0 Å². The fourth-order valence-corrected chi connectivity index (χ4v) is 2.78. The first-order chi connectivity index (χ1) is 8.55. The van der Waals surface area contributed by atoms with Crippen LogP contribution in [0.25, 0.3) is 0 Å². The van der Waals surface area contributed by atoms with Gasteiger partial charge in [-0.3, -0.25) is 11.3 Å². The Hall–Kier alpha value is -0.860. The first-order valence-electron chi connectivity index (χ1n) is 7.08. The number of nitrogens with two attached hydrogens (primary N) is 1. The summed E-state index contributed by atoms with van der Waals surface area (Å²) in [4.78, 5) is 0. The lowest BCUT2D eigenvalue weighted by Gasteiger charge is -2.20. The van der Waals surface area contributed by atoms with E-state index in [-0.39, 0.29) is 0 Å². The number of benzene rings is 1. The van der Waals surface area contributed by atoms with Crippen molar-refractivity contribution in [1.29, 1.82) is 0 Å². The quantitative estimate of drug-likeness (QED) is 0.572. The average molecular weight is 248 g/mol. The van der Waals surface area contributed by atoms with Gasteiger partial charge in [-0.1, -0.05) is 56.0 Å². The van der Waals surface area contributed by atoms with Gasteiger partial charge in [0.1, 0.15) is 0 Å². The van der Waals surface area contributed by atoms with Crippen LogP contribution in [0.1, 0.15) is 49.8 Å². The molecular weight excluding hydrogens is 220 g/mol. The molecule has 0 aliphatic heterocycles. The zero-order valence-electron chi connectivity index (χ0n) is 12.3. The lowest BCUT2D eigenvalue weighted by atomic mass is 9.93. The molecule has 2 unspecified atom stereocenters. The van der Waals surface area contributed by atoms with E-state index in [9.17, 15) is 0 Å². The van der Waals surface area contributed by atoms with Crippen LogP contribution in [0.4, 0.5) is 0 Å². The lowest BCUT2D eigenvalue weighted by Crippen LogP contribution is -2.38. The number of aryl methyl sites for hydroxylation is 2. The molecule has 1 aromatic carbocycles. The summed E-state index contributed by atoms with van der Waals surface area (Å²) in [6.45, 7) is 8.86. The summed E-state index contributed by atoms with van der Waals surface area (Å²) in [6.07, 6.45) is 4.71. The molecule has 18 heavy (non-hydrogen) atoms. The summed E-state index contributed by atoms with van der Waals surface area (Å²) in [5, 5.41) is 0. The predicted molar refractivity (Wildman–Crippen MR) is 79.4 cm³/mol. The highest BCUT2D eigenvalue weighted by Crippen LogP contribution is 2.17. The molecular formula is C16H28N2. The molecule has 3 N–H and O–H groups in total. The van der Waals surface area contributed by atoms with Gasteiger partial charge in [0.2, 0.25) is 0 Å². The maximum Gasteiger partial charge on any atom is 0.0253 e. The molecule has 102 valence electrons. The smallest absolute Gasteiger partial charge is 0.0253 e. The Labute approximate surface area is 112 Å². The molecule has 2 atom stereocenters. The predicted octanol–water partition coefficient (Wildman–Crippen LogP) is 3.50. The third-order valence-corrected chi connectivity index (χ3v) is 3.47. The molecule has 2 heteroatoms. The fourth-order valence-electron chi connectivity index (χ4n) is 2.78. The van der Waals surface area contributed by atoms with E-state index in [0.29, 0.717) is 6.04 Å². The molecule has 2 nitrogen and oxygen atoms in total. The summed E-state index contributed by atoms with van der Waals surface area (Å²) >= 11 is 0. The minimum Gasteiger partial charge on any atom is -0.271 e. The van der Waals surface area contributed by atoms with Crippen LogP contribution in [0.15, 0.2) is 18.2 Å². The third kappa shape index (κ3) is 5.19. The Morgan fingerprint density at radius 2 is 1.78 bits per heavy atom. The van der Waals surface area contributed by atoms with E-state index in [0.717, 1.165) is 18.8 Å². The van der Waals surface area contributed by atoms with Gasteiger partial charge in [0.25, 0.3) is 0 Å². The second-order valence-electron chi connectivity index (χ2n) is 5.69. The summed E-state index contributed by atoms with van der Waals surface area (Å²) < 4.78 is 0. The van der Waals surface area contributed by atoms with Crippen molar-refractivity contribution in [3.8, 4) is 0 Å². The van der Waals surface area contributed by atoms with E-state index < -0.39 is 0 Å². The topological polar surface area (TPSA) is 38.0 Å². The zero-order valence-corrected chi connectivity index (χ0v) is 12.3. The number of nitrogens with one attached hydrogen (secondary N) is 1. The van der Waals surface area contributed by atoms with Gasteiger partial charge in [-0.15, -0.1) is 0 Å². The molecule has 0 spiro atoms. The molecule has 1 rings (SSSR count). The maximum absolute atomic E-state index is 5.69. The van der Waals surface area contributed by atoms with Crippen LogP contribution in [0, 0.1) is 19.8 Å². The van der Waals surface area contributed by atoms with E-state index in [1.807, 2.05) is 0 Å². The highest BCUT2D eigenvalue weighted by atomic mass is 15.2. The highest BCUT2D eigenvalue weighted by molar-refractivity contribution is 5.29. The molecule has 0 saturated carbocycles. The van der Waals surface area contributed by atoms with Crippen LogP contribution in [-0.2, 0) is 6.42 Å². The normalized spacial score (nSPS) is 14.5. The summed E-state index contributed by atoms with van der Waals surface area (Å²) in [6, 6.07) is 7.13. The lowest BCUT2D eigenvalue weighted by molar-refractivity contribution is 0.385. The largest absolute Gasteiger partial charge is 0.271 e. The minimum atomic E-state index is 0.382. The maximum atomic E-state index is 5.69. The van der Waals surface area contributed by atoms with Crippen molar-refractivity contribution in [3.05, 3.63) is 34.9 Å². The van der Waals surface area contributed by atoms with E-state index in [1.165, 1.54) is 29.5 Å². The molecule has 0 aliphatic rings. The van der Waals surface area contributed by atoms with Gasteiger partial charge in [0.15, 0.2) is 0 Å². The molecule has 0 radical (unpaired) electrons. The van der Waals surface area contributed by atoms with Crippen molar-refractivity contribution in [1.82, 2.24) is 5.43 Å². The van der Waals surface area contributed by atoms with E-state index in [1.54, 1.807) is 0 Å². The minimum absolute atomic E-state index is 0.382. The molecule has 0 aliphatic carbocycles. The van der Waals surface area contributed by atoms with E-state index in [2.05, 4.69) is 51.3 Å². The molecule has 0 heterocycles. The van der Waals surface area contributed by atoms with Crippen molar-refractivity contribution < 1.29 is 0 Å². The molecule has 0 bridgehead atoms. The van der Waals surface area contributed by atoms with Gasteiger partial charge < -0.3 is 0 Å². The Kier molecular flexibility index (Phi) is 6.37. The average Bonchev–Trinajstić information content (AvgIpc) is 2.27. The number of hydrazine groups is 1. The van der Waals surface area contributed by atoms with Crippen molar-refractivity contribution in [2.75, 3.05) is 0 Å². The second-order valence-corrected chi connectivity index (χ2v) is 5.69. The number of hydrogen-bond acceptors (Lipinski definition) is 2. The summed E-state index contributed by atoms with van der Waals surface area (Å²) in [7, 11) is 0. The second kappa shape index (κ2) is 7.55. The molecule has 0 saturated heterocycles. The van der Waals surface area contributed by atoms with Crippen LogP contribution in [0.5, 0.6) is 0 Å². The molecule has 0 amide bonds. The van der Waals surface area contributed by atoms with Gasteiger partial charge in [0, 0.05) is 6.04 Å². The van der Waals surface area contributed by atoms with Crippen LogP contribution < -0.4 is 11.3 Å². The Morgan fingerprint density at radius 1 is 1.17 bits per heavy atom. The SMILES string of the molecule is CCCC(C)CC(Cc1cc(C)cc(C)c1)NN. The first kappa shape index (κ1) is 15.2. The third-order valence-electron chi connectivity index (χ3n) is 3.47. The van der Waals surface area contributed by atoms with Crippen molar-refractivity contribution in [2.24, 2.45) is 11.8 Å². The van der Waals surface area contributed by atoms with Crippen LogP contribution in [0.2, 0.25) is 0 Å². The van der Waals surface area contributed by atoms with Crippen LogP contribution in [-0.4, -0.2) is 6.04 Å². The highest BCUT2D eigenvalue weighted by Gasteiger charge is 2.12. The Balaban J connectivity index is 2.61. The van der Waals surface area contributed by atoms with Crippen LogP contribution >= 0.6 is 0 Å². The van der Waals surface area contributed by atoms with Gasteiger partial charge >= 0.3 is 0 Å². The number of hydrogen-bond donors (Lipinski definition) is 2. The Bertz CT molecular complexity index is 340. The number of rotatable bonds is 7. The summed E-state index contributed by atoms with van der Waals surface area (Å²) in [5.41, 5.74) is 7.04. The van der Waals surface area contributed by atoms with Gasteiger partial charge in [-0.2, -0.15) is 0 Å². The standard InChI is InChI=1S/C16H28N2/c1-5-6-12(2)10-16(18-17)11-15-8-13(3)7-14(4)9-15/h7-9,12,16,18H,5-6,10-11,17H2,1-4H3. The van der Waals surface area contributed by atoms with Crippen LogP contribution in [0.3, 0.4) is 0 Å². The molecule has 1 aromatic rings. The van der Waals surface area contributed by atoms with E-state index >= 15 is 0 Å². The van der Waals surface area contributed by atoms with Gasteiger partial charge in [0.05, 0.1) is 0 Å². The summed E-state index contributed by atoms with van der Waals surface area (Å²) in [5.74, 6) is 6.43. The van der Waals surface area contributed by atoms with Crippen molar-refractivity contribution >= 4 is 0 Å².